The Morgan fingerprint density at radius 2 is 2.50 bits per heavy atom. The van der Waals surface area contributed by atoms with Crippen LogP contribution in [0.5, 0.6) is 0 Å². The SMILES string of the molecule is CCOC(=O)c1cc2cccnc2s1. The first kappa shape index (κ1) is 9.15. The van der Waals surface area contributed by atoms with E-state index in [9.17, 15) is 4.79 Å². The Bertz CT molecular complexity index is 431. The van der Waals surface area contributed by atoms with Crippen LogP contribution in [-0.2, 0) is 4.74 Å². The lowest BCUT2D eigenvalue weighted by Gasteiger charge is -1.95. The molecule has 0 atom stereocenters. The maximum atomic E-state index is 11.4. The Kier molecular flexibility index (Phi) is 2.45. The number of carbonyl (C=O) groups is 1. The highest BCUT2D eigenvalue weighted by atomic mass is 32.1. The summed E-state index contributed by atoms with van der Waals surface area (Å²) in [5.74, 6) is -0.268. The molecule has 2 aromatic heterocycles. The van der Waals surface area contributed by atoms with Gasteiger partial charge in [0, 0.05) is 11.6 Å². The van der Waals surface area contributed by atoms with Crippen LogP contribution < -0.4 is 0 Å². The normalized spacial score (nSPS) is 10.4. The third kappa shape index (κ3) is 1.61. The first-order valence-electron chi connectivity index (χ1n) is 4.33. The molecule has 0 bridgehead atoms. The van der Waals surface area contributed by atoms with Gasteiger partial charge in [-0.3, -0.25) is 0 Å². The van der Waals surface area contributed by atoms with Crippen LogP contribution in [-0.4, -0.2) is 17.6 Å². The molecular formula is C10H9NO2S. The average molecular weight is 207 g/mol. The van der Waals surface area contributed by atoms with Gasteiger partial charge in [0.2, 0.25) is 0 Å². The van der Waals surface area contributed by atoms with Crippen molar-refractivity contribution in [2.45, 2.75) is 6.92 Å². The number of ether oxygens (including phenoxy) is 1. The van der Waals surface area contributed by atoms with E-state index < -0.39 is 0 Å². The summed E-state index contributed by atoms with van der Waals surface area (Å²) in [7, 11) is 0. The second-order valence-corrected chi connectivity index (χ2v) is 3.76. The predicted octanol–water partition coefficient (Wildman–Crippen LogP) is 2.47. The molecule has 0 aliphatic rings. The third-order valence-electron chi connectivity index (χ3n) is 1.77. The van der Waals surface area contributed by atoms with E-state index in [1.165, 1.54) is 11.3 Å². The van der Waals surface area contributed by atoms with Gasteiger partial charge in [0.1, 0.15) is 9.71 Å². The number of fused-ring (bicyclic) bond motifs is 1. The zero-order chi connectivity index (χ0) is 9.97. The van der Waals surface area contributed by atoms with Gasteiger partial charge in [0.15, 0.2) is 0 Å². The highest BCUT2D eigenvalue weighted by Gasteiger charge is 2.10. The third-order valence-corrected chi connectivity index (χ3v) is 2.81. The fraction of sp³-hybridized carbons (Fsp3) is 0.200. The molecule has 4 heteroatoms. The van der Waals surface area contributed by atoms with Gasteiger partial charge in [-0.2, -0.15) is 0 Å². The van der Waals surface area contributed by atoms with E-state index in [0.29, 0.717) is 11.5 Å². The number of pyridine rings is 1. The minimum Gasteiger partial charge on any atom is -0.462 e. The molecule has 0 aliphatic carbocycles. The minimum absolute atomic E-state index is 0.268. The van der Waals surface area contributed by atoms with Crippen molar-refractivity contribution >= 4 is 27.5 Å². The van der Waals surface area contributed by atoms with Crippen molar-refractivity contribution in [2.75, 3.05) is 6.61 Å². The van der Waals surface area contributed by atoms with Crippen LogP contribution in [0.2, 0.25) is 0 Å². The van der Waals surface area contributed by atoms with E-state index in [1.807, 2.05) is 18.2 Å². The van der Waals surface area contributed by atoms with Gasteiger partial charge in [0.05, 0.1) is 6.61 Å². The summed E-state index contributed by atoms with van der Waals surface area (Å²) < 4.78 is 4.90. The molecule has 0 aromatic carbocycles. The molecule has 14 heavy (non-hydrogen) atoms. The van der Waals surface area contributed by atoms with Gasteiger partial charge in [-0.25, -0.2) is 9.78 Å². The number of hydrogen-bond acceptors (Lipinski definition) is 4. The van der Waals surface area contributed by atoms with Crippen molar-refractivity contribution in [1.82, 2.24) is 4.98 Å². The molecule has 0 aliphatic heterocycles. The van der Waals surface area contributed by atoms with E-state index in [-0.39, 0.29) is 5.97 Å². The van der Waals surface area contributed by atoms with E-state index in [4.69, 9.17) is 4.74 Å². The lowest BCUT2D eigenvalue weighted by Crippen LogP contribution is -2.01. The van der Waals surface area contributed by atoms with Crippen molar-refractivity contribution in [1.29, 1.82) is 0 Å². The highest BCUT2D eigenvalue weighted by Crippen LogP contribution is 2.23. The summed E-state index contributed by atoms with van der Waals surface area (Å²) in [5, 5.41) is 0.987. The van der Waals surface area contributed by atoms with Crippen LogP contribution in [0.4, 0.5) is 0 Å². The van der Waals surface area contributed by atoms with Crippen LogP contribution in [0.3, 0.4) is 0 Å². The Balaban J connectivity index is 2.40. The summed E-state index contributed by atoms with van der Waals surface area (Å²) in [5.41, 5.74) is 0. The topological polar surface area (TPSA) is 39.2 Å². The van der Waals surface area contributed by atoms with Crippen LogP contribution in [0.25, 0.3) is 10.2 Å². The molecule has 0 fully saturated rings. The smallest absolute Gasteiger partial charge is 0.348 e. The molecule has 0 saturated heterocycles. The Hall–Kier alpha value is -1.42. The van der Waals surface area contributed by atoms with Gasteiger partial charge in [-0.05, 0) is 19.1 Å². The molecule has 0 spiro atoms. The van der Waals surface area contributed by atoms with Crippen molar-refractivity contribution in [3.8, 4) is 0 Å². The number of aromatic nitrogens is 1. The summed E-state index contributed by atoms with van der Waals surface area (Å²) in [6, 6.07) is 5.59. The summed E-state index contributed by atoms with van der Waals surface area (Å²) in [4.78, 5) is 17.0. The summed E-state index contributed by atoms with van der Waals surface area (Å²) >= 11 is 1.36. The molecular weight excluding hydrogens is 198 g/mol. The molecule has 0 saturated carbocycles. The first-order valence-corrected chi connectivity index (χ1v) is 5.14. The average Bonchev–Trinajstić information content (AvgIpc) is 2.61. The zero-order valence-corrected chi connectivity index (χ0v) is 8.50. The molecule has 72 valence electrons. The Labute approximate surface area is 85.3 Å². The molecule has 0 N–H and O–H groups in total. The van der Waals surface area contributed by atoms with Crippen molar-refractivity contribution < 1.29 is 9.53 Å². The van der Waals surface area contributed by atoms with Crippen molar-refractivity contribution in [3.63, 3.8) is 0 Å². The summed E-state index contributed by atoms with van der Waals surface area (Å²) in [6.45, 7) is 2.20. The Morgan fingerprint density at radius 3 is 3.21 bits per heavy atom. The van der Waals surface area contributed by atoms with Crippen LogP contribution in [0.1, 0.15) is 16.6 Å². The number of hydrogen-bond donors (Lipinski definition) is 0. The number of thiophene rings is 1. The number of esters is 1. The van der Waals surface area contributed by atoms with E-state index in [2.05, 4.69) is 4.98 Å². The van der Waals surface area contributed by atoms with Crippen LogP contribution >= 0.6 is 11.3 Å². The number of nitrogens with zero attached hydrogens (tertiary/aromatic N) is 1. The standard InChI is InChI=1S/C10H9NO2S/c1-2-13-10(12)8-6-7-4-3-5-11-9(7)14-8/h3-6H,2H2,1H3. The van der Waals surface area contributed by atoms with Crippen molar-refractivity contribution in [2.24, 2.45) is 0 Å². The zero-order valence-electron chi connectivity index (χ0n) is 7.69. The first-order chi connectivity index (χ1) is 6.81. The largest absolute Gasteiger partial charge is 0.462 e. The van der Waals surface area contributed by atoms with Gasteiger partial charge >= 0.3 is 5.97 Å². The maximum Gasteiger partial charge on any atom is 0.348 e. The van der Waals surface area contributed by atoms with E-state index in [0.717, 1.165) is 10.2 Å². The van der Waals surface area contributed by atoms with Crippen molar-refractivity contribution in [3.05, 3.63) is 29.3 Å². The van der Waals surface area contributed by atoms with E-state index >= 15 is 0 Å². The Morgan fingerprint density at radius 1 is 1.64 bits per heavy atom. The molecule has 0 unspecified atom stereocenters. The quantitative estimate of drug-likeness (QED) is 0.710. The predicted molar refractivity (Wildman–Crippen MR) is 55.6 cm³/mol. The fourth-order valence-electron chi connectivity index (χ4n) is 1.18. The highest BCUT2D eigenvalue weighted by molar-refractivity contribution is 7.20. The minimum atomic E-state index is -0.268. The lowest BCUT2D eigenvalue weighted by atomic mass is 10.3. The second-order valence-electron chi connectivity index (χ2n) is 2.73. The summed E-state index contributed by atoms with van der Waals surface area (Å²) in [6.07, 6.45) is 1.72. The lowest BCUT2D eigenvalue weighted by molar-refractivity contribution is 0.0532. The molecule has 2 heterocycles. The maximum absolute atomic E-state index is 11.4. The van der Waals surface area contributed by atoms with Crippen LogP contribution in [0.15, 0.2) is 24.4 Å². The molecule has 0 amide bonds. The molecule has 2 aromatic rings. The fourth-order valence-corrected chi connectivity index (χ4v) is 2.07. The van der Waals surface area contributed by atoms with Gasteiger partial charge in [-0.15, -0.1) is 11.3 Å². The monoisotopic (exact) mass is 207 g/mol. The van der Waals surface area contributed by atoms with Crippen LogP contribution in [0, 0.1) is 0 Å². The van der Waals surface area contributed by atoms with E-state index in [1.54, 1.807) is 13.1 Å². The molecule has 2 rings (SSSR count). The number of rotatable bonds is 2. The van der Waals surface area contributed by atoms with Gasteiger partial charge < -0.3 is 4.74 Å². The molecule has 0 radical (unpaired) electrons. The van der Waals surface area contributed by atoms with Gasteiger partial charge in [-0.1, -0.05) is 6.07 Å². The second kappa shape index (κ2) is 3.75. The van der Waals surface area contributed by atoms with Gasteiger partial charge in [0.25, 0.3) is 0 Å². The number of carbonyl (C=O) groups excluding carboxylic acids is 1. The molecule has 3 nitrogen and oxygen atoms in total.